The smallest absolute Gasteiger partial charge is 0.342 e. The van der Waals surface area contributed by atoms with Crippen molar-refractivity contribution in [2.45, 2.75) is 0 Å². The molecule has 0 saturated heterocycles. The van der Waals surface area contributed by atoms with Gasteiger partial charge in [0.15, 0.2) is 11.5 Å². The summed E-state index contributed by atoms with van der Waals surface area (Å²) in [6, 6.07) is 10.0. The van der Waals surface area contributed by atoms with Crippen LogP contribution in [-0.2, 0) is 0 Å². The first-order chi connectivity index (χ1) is 9.15. The summed E-state index contributed by atoms with van der Waals surface area (Å²) in [6.45, 7) is -0.0711. The number of hydrogen-bond donors (Lipinski definition) is 1. The van der Waals surface area contributed by atoms with Crippen LogP contribution in [0.25, 0.3) is 0 Å². The van der Waals surface area contributed by atoms with Crippen LogP contribution in [0.15, 0.2) is 45.6 Å². The molecule has 0 saturated carbocycles. The highest BCUT2D eigenvalue weighted by Gasteiger charge is 2.30. The van der Waals surface area contributed by atoms with Gasteiger partial charge in [0, 0.05) is 0 Å². The number of carbonyl (C=O) groups is 1. The molecule has 6 nitrogen and oxygen atoms in total. The van der Waals surface area contributed by atoms with Crippen molar-refractivity contribution >= 4 is 11.5 Å². The van der Waals surface area contributed by atoms with Crippen molar-refractivity contribution in [1.29, 1.82) is 0 Å². The maximum Gasteiger partial charge on any atom is 0.342 e. The highest BCUT2D eigenvalue weighted by molar-refractivity contribution is 6.04. The second-order valence-electron chi connectivity index (χ2n) is 4.00. The Hall–Kier alpha value is -2.76. The van der Waals surface area contributed by atoms with E-state index in [1.165, 1.54) is 5.06 Å². The van der Waals surface area contributed by atoms with E-state index < -0.39 is 11.6 Å². The molecule has 3 rings (SSSR count). The molecule has 0 fully saturated rings. The summed E-state index contributed by atoms with van der Waals surface area (Å²) in [7, 11) is 0. The van der Waals surface area contributed by atoms with Crippen LogP contribution >= 0.6 is 0 Å². The van der Waals surface area contributed by atoms with Gasteiger partial charge in [0.1, 0.15) is 12.1 Å². The van der Waals surface area contributed by atoms with Crippen molar-refractivity contribution in [2.24, 2.45) is 0 Å². The van der Waals surface area contributed by atoms with Crippen LogP contribution in [-0.4, -0.2) is 17.4 Å². The SMILES string of the molecule is O=C1CN(c2ccccc2)Oc2cc(=O)oc(O)c21. The molecule has 6 heteroatoms. The van der Waals surface area contributed by atoms with E-state index in [1.807, 2.05) is 6.07 Å². The van der Waals surface area contributed by atoms with Crippen LogP contribution in [0, 0.1) is 0 Å². The predicted molar refractivity (Wildman–Crippen MR) is 65.4 cm³/mol. The number of para-hydroxylation sites is 1. The monoisotopic (exact) mass is 259 g/mol. The summed E-state index contributed by atoms with van der Waals surface area (Å²) in [5.74, 6) is -1.10. The predicted octanol–water partition coefficient (Wildman–Crippen LogP) is 1.34. The summed E-state index contributed by atoms with van der Waals surface area (Å²) in [5, 5.41) is 10.8. The Balaban J connectivity index is 2.05. The highest BCUT2D eigenvalue weighted by Crippen LogP contribution is 2.31. The standard InChI is InChI=1S/C13H9NO5/c15-9-7-14(8-4-2-1-3-5-8)19-10-6-11(16)18-13(17)12(9)10/h1-6,17H,7H2. The number of Topliss-reactive ketones (excluding diaryl/α,β-unsaturated/α-hetero) is 1. The zero-order valence-corrected chi connectivity index (χ0v) is 9.70. The summed E-state index contributed by atoms with van der Waals surface area (Å²) in [4.78, 5) is 28.6. The van der Waals surface area contributed by atoms with Gasteiger partial charge in [-0.3, -0.25) is 4.79 Å². The van der Waals surface area contributed by atoms with Gasteiger partial charge >= 0.3 is 5.63 Å². The number of hydroxylamine groups is 1. The van der Waals surface area contributed by atoms with E-state index in [0.29, 0.717) is 5.69 Å². The lowest BCUT2D eigenvalue weighted by Crippen LogP contribution is -2.38. The lowest BCUT2D eigenvalue weighted by Gasteiger charge is -2.28. The lowest BCUT2D eigenvalue weighted by atomic mass is 10.1. The summed E-state index contributed by atoms with van der Waals surface area (Å²) in [6.07, 6.45) is 0. The number of carbonyl (C=O) groups excluding carboxylic acids is 1. The summed E-state index contributed by atoms with van der Waals surface area (Å²) in [5.41, 5.74) is -0.208. The Morgan fingerprint density at radius 2 is 1.89 bits per heavy atom. The topological polar surface area (TPSA) is 80.0 Å². The third-order valence-electron chi connectivity index (χ3n) is 2.73. The van der Waals surface area contributed by atoms with E-state index >= 15 is 0 Å². The largest absolute Gasteiger partial charge is 0.480 e. The Bertz CT molecular complexity index is 692. The van der Waals surface area contributed by atoms with Gasteiger partial charge in [0.25, 0.3) is 5.95 Å². The van der Waals surface area contributed by atoms with E-state index in [9.17, 15) is 14.7 Å². The fourth-order valence-corrected chi connectivity index (χ4v) is 1.89. The minimum atomic E-state index is -0.779. The highest BCUT2D eigenvalue weighted by atomic mass is 16.7. The fourth-order valence-electron chi connectivity index (χ4n) is 1.89. The average Bonchev–Trinajstić information content (AvgIpc) is 2.38. The molecule has 1 N–H and O–H groups in total. The molecule has 0 atom stereocenters. The molecule has 0 spiro atoms. The van der Waals surface area contributed by atoms with Gasteiger partial charge in [-0.2, -0.15) is 0 Å². The average molecular weight is 259 g/mol. The van der Waals surface area contributed by atoms with Gasteiger partial charge in [-0.1, -0.05) is 18.2 Å². The molecule has 0 radical (unpaired) electrons. The van der Waals surface area contributed by atoms with Crippen LogP contribution in [0.1, 0.15) is 10.4 Å². The molecule has 0 unspecified atom stereocenters. The molecule has 0 bridgehead atoms. The molecule has 0 amide bonds. The third kappa shape index (κ3) is 1.93. The van der Waals surface area contributed by atoms with E-state index in [0.717, 1.165) is 6.07 Å². The minimum Gasteiger partial charge on any atom is -0.480 e. The van der Waals surface area contributed by atoms with Crippen molar-refractivity contribution in [2.75, 3.05) is 11.6 Å². The molecule has 1 aromatic carbocycles. The molecular formula is C13H9NO5. The van der Waals surface area contributed by atoms with Gasteiger partial charge in [-0.25, -0.2) is 9.86 Å². The second-order valence-corrected chi connectivity index (χ2v) is 4.00. The Morgan fingerprint density at radius 3 is 2.63 bits per heavy atom. The number of nitrogens with zero attached hydrogens (tertiary/aromatic N) is 1. The van der Waals surface area contributed by atoms with E-state index in [4.69, 9.17) is 4.84 Å². The Labute approximate surface area is 107 Å². The maximum atomic E-state index is 12.0. The number of benzene rings is 1. The first kappa shape index (κ1) is 11.3. The first-order valence-corrected chi connectivity index (χ1v) is 5.56. The fraction of sp³-hybridized carbons (Fsp3) is 0.0769. The molecule has 96 valence electrons. The summed E-state index contributed by atoms with van der Waals surface area (Å²) < 4.78 is 4.47. The molecule has 1 aromatic heterocycles. The second kappa shape index (κ2) is 4.16. The van der Waals surface area contributed by atoms with Crippen molar-refractivity contribution in [1.82, 2.24) is 0 Å². The van der Waals surface area contributed by atoms with Gasteiger partial charge in [0.05, 0.1) is 11.8 Å². The Morgan fingerprint density at radius 1 is 1.16 bits per heavy atom. The number of hydrogen-bond acceptors (Lipinski definition) is 6. The number of aromatic hydroxyl groups is 1. The molecule has 1 aliphatic heterocycles. The quantitative estimate of drug-likeness (QED) is 0.832. The molecule has 1 aliphatic rings. The first-order valence-electron chi connectivity index (χ1n) is 5.56. The molecule has 2 aromatic rings. The van der Waals surface area contributed by atoms with Crippen molar-refractivity contribution in [3.05, 3.63) is 52.4 Å². The van der Waals surface area contributed by atoms with Crippen molar-refractivity contribution < 1.29 is 19.2 Å². The van der Waals surface area contributed by atoms with Crippen LogP contribution in [0.3, 0.4) is 0 Å². The Kier molecular flexibility index (Phi) is 2.49. The van der Waals surface area contributed by atoms with E-state index in [2.05, 4.69) is 4.42 Å². The van der Waals surface area contributed by atoms with E-state index in [-0.39, 0.29) is 23.6 Å². The van der Waals surface area contributed by atoms with Crippen LogP contribution in [0.2, 0.25) is 0 Å². The van der Waals surface area contributed by atoms with Crippen molar-refractivity contribution in [3.63, 3.8) is 0 Å². The van der Waals surface area contributed by atoms with Crippen LogP contribution in [0.5, 0.6) is 11.7 Å². The zero-order chi connectivity index (χ0) is 13.4. The molecular weight excluding hydrogens is 250 g/mol. The van der Waals surface area contributed by atoms with Gasteiger partial charge in [0.2, 0.25) is 0 Å². The van der Waals surface area contributed by atoms with Gasteiger partial charge < -0.3 is 14.4 Å². The number of rotatable bonds is 1. The minimum absolute atomic E-state index is 0.00569. The number of fused-ring (bicyclic) bond motifs is 1. The number of anilines is 1. The van der Waals surface area contributed by atoms with Crippen LogP contribution in [0.4, 0.5) is 5.69 Å². The van der Waals surface area contributed by atoms with Crippen molar-refractivity contribution in [3.8, 4) is 11.7 Å². The lowest BCUT2D eigenvalue weighted by molar-refractivity contribution is 0.0928. The number of ketones is 1. The molecule has 19 heavy (non-hydrogen) atoms. The van der Waals surface area contributed by atoms with E-state index in [1.54, 1.807) is 24.3 Å². The molecule has 2 heterocycles. The normalized spacial score (nSPS) is 13.9. The van der Waals surface area contributed by atoms with Gasteiger partial charge in [-0.05, 0) is 12.1 Å². The maximum absolute atomic E-state index is 12.0. The summed E-state index contributed by atoms with van der Waals surface area (Å²) >= 11 is 0. The molecule has 0 aliphatic carbocycles. The zero-order valence-electron chi connectivity index (χ0n) is 9.70. The van der Waals surface area contributed by atoms with Gasteiger partial charge in [-0.15, -0.1) is 0 Å². The third-order valence-corrected chi connectivity index (χ3v) is 2.73. The van der Waals surface area contributed by atoms with Crippen LogP contribution < -0.4 is 15.5 Å².